The van der Waals surface area contributed by atoms with Crippen molar-refractivity contribution in [1.82, 2.24) is 0 Å². The van der Waals surface area contributed by atoms with Gasteiger partial charge in [0.05, 0.1) is 0 Å². The van der Waals surface area contributed by atoms with Gasteiger partial charge in [-0.1, -0.05) is 48.6 Å². The van der Waals surface area contributed by atoms with Crippen LogP contribution in [0.1, 0.15) is 20.3 Å². The van der Waals surface area contributed by atoms with Crippen LogP contribution in [-0.4, -0.2) is 11.6 Å². The van der Waals surface area contributed by atoms with Crippen molar-refractivity contribution in [1.29, 1.82) is 0 Å². The van der Waals surface area contributed by atoms with Crippen molar-refractivity contribution in [3.63, 3.8) is 0 Å². The van der Waals surface area contributed by atoms with Crippen LogP contribution in [0.5, 0.6) is 0 Å². The van der Waals surface area contributed by atoms with E-state index in [2.05, 4.69) is 6.58 Å². The Morgan fingerprint density at radius 2 is 1.95 bits per heavy atom. The molecule has 0 aromatic heterocycles. The van der Waals surface area contributed by atoms with Gasteiger partial charge in [0.2, 0.25) is 0 Å². The molecular weight excluding hydrogens is 236 g/mol. The molecule has 96 valence electrons. The van der Waals surface area contributed by atoms with Gasteiger partial charge >= 0.3 is 0 Å². The highest BCUT2D eigenvalue weighted by atomic mass is 16.1. The van der Waals surface area contributed by atoms with Gasteiger partial charge in [-0.25, -0.2) is 0 Å². The summed E-state index contributed by atoms with van der Waals surface area (Å²) in [5.74, 6) is -0.281. The van der Waals surface area contributed by atoms with Crippen LogP contribution in [0.3, 0.4) is 0 Å². The summed E-state index contributed by atoms with van der Waals surface area (Å²) >= 11 is 0. The van der Waals surface area contributed by atoms with Crippen molar-refractivity contribution < 1.29 is 9.59 Å². The monoisotopic (exact) mass is 252 g/mol. The minimum absolute atomic E-state index is 0.122. The molecule has 0 saturated heterocycles. The summed E-state index contributed by atoms with van der Waals surface area (Å²) in [5.41, 5.74) is 2.69. The number of carbonyl (C=O) groups excluding carboxylic acids is 2. The third-order valence-electron chi connectivity index (χ3n) is 3.19. The molecule has 0 spiro atoms. The zero-order valence-electron chi connectivity index (χ0n) is 11.2. The van der Waals surface area contributed by atoms with Gasteiger partial charge in [-0.3, -0.25) is 9.59 Å². The summed E-state index contributed by atoms with van der Waals surface area (Å²) < 4.78 is 0. The highest BCUT2D eigenvalue weighted by Gasteiger charge is 2.31. The van der Waals surface area contributed by atoms with Gasteiger partial charge in [0.15, 0.2) is 11.6 Å². The topological polar surface area (TPSA) is 34.1 Å². The minimum atomic E-state index is -0.160. The summed E-state index contributed by atoms with van der Waals surface area (Å²) in [4.78, 5) is 24.8. The van der Waals surface area contributed by atoms with E-state index in [0.717, 1.165) is 12.0 Å². The zero-order valence-corrected chi connectivity index (χ0v) is 11.2. The molecule has 2 aliphatic rings. The predicted octanol–water partition coefficient (Wildman–Crippen LogP) is 3.40. The molecule has 0 amide bonds. The largest absolute Gasteiger partial charge is 0.289 e. The maximum Gasteiger partial charge on any atom is 0.194 e. The van der Waals surface area contributed by atoms with E-state index in [1.165, 1.54) is 0 Å². The van der Waals surface area contributed by atoms with Crippen LogP contribution in [0.15, 0.2) is 70.9 Å². The average molecular weight is 252 g/mol. The Morgan fingerprint density at radius 3 is 2.63 bits per heavy atom. The fraction of sp³-hybridized carbons (Fsp3) is 0.176. The van der Waals surface area contributed by atoms with Crippen molar-refractivity contribution in [2.24, 2.45) is 0 Å². The van der Waals surface area contributed by atoms with Gasteiger partial charge in [0, 0.05) is 22.3 Å². The first-order chi connectivity index (χ1) is 9.06. The predicted molar refractivity (Wildman–Crippen MR) is 76.6 cm³/mol. The summed E-state index contributed by atoms with van der Waals surface area (Å²) in [7, 11) is 0. The highest BCUT2D eigenvalue weighted by molar-refractivity contribution is 6.31. The standard InChI is InChI=1S/C17H16O2/c1-4-5-8-13-12(3)16(18)14-9-6-7-11(2)10-15(14)17(13)19/h4-6,8-10H,3,7H2,1-2H3/b5-4-,13-8+. The lowest BCUT2D eigenvalue weighted by Gasteiger charge is -2.18. The molecular formula is C17H16O2. The first-order valence-electron chi connectivity index (χ1n) is 6.26. The molecule has 0 aromatic carbocycles. The molecule has 2 nitrogen and oxygen atoms in total. The van der Waals surface area contributed by atoms with Crippen LogP contribution >= 0.6 is 0 Å². The second-order valence-corrected chi connectivity index (χ2v) is 4.67. The van der Waals surface area contributed by atoms with Crippen molar-refractivity contribution in [2.75, 3.05) is 0 Å². The van der Waals surface area contributed by atoms with Gasteiger partial charge in [0.1, 0.15) is 0 Å². The molecule has 0 saturated carbocycles. The molecule has 0 aromatic rings. The van der Waals surface area contributed by atoms with Gasteiger partial charge in [-0.15, -0.1) is 0 Å². The molecule has 19 heavy (non-hydrogen) atoms. The van der Waals surface area contributed by atoms with Gasteiger partial charge in [-0.05, 0) is 20.3 Å². The summed E-state index contributed by atoms with van der Waals surface area (Å²) in [6.45, 7) is 7.57. The second kappa shape index (κ2) is 5.19. The van der Waals surface area contributed by atoms with Crippen LogP contribution in [0.25, 0.3) is 0 Å². The first kappa shape index (κ1) is 13.2. The van der Waals surface area contributed by atoms with E-state index in [9.17, 15) is 9.59 Å². The van der Waals surface area contributed by atoms with Gasteiger partial charge in [0.25, 0.3) is 0 Å². The normalized spacial score (nSPS) is 22.1. The van der Waals surface area contributed by atoms with Crippen molar-refractivity contribution in [3.8, 4) is 0 Å². The maximum atomic E-state index is 12.5. The number of Topliss-reactive ketones (excluding diaryl/α,β-unsaturated/α-hetero) is 2. The van der Waals surface area contributed by atoms with E-state index >= 15 is 0 Å². The first-order valence-corrected chi connectivity index (χ1v) is 6.26. The molecule has 2 heteroatoms. The molecule has 0 bridgehead atoms. The number of rotatable bonds is 1. The number of ketones is 2. The molecule has 2 rings (SSSR count). The van der Waals surface area contributed by atoms with Crippen LogP contribution in [0, 0.1) is 0 Å². The Labute approximate surface area is 113 Å². The summed E-state index contributed by atoms with van der Waals surface area (Å²) in [6, 6.07) is 0. The van der Waals surface area contributed by atoms with E-state index in [4.69, 9.17) is 0 Å². The Bertz CT molecular complexity index is 620. The smallest absolute Gasteiger partial charge is 0.194 e. The van der Waals surface area contributed by atoms with Crippen LogP contribution in [0.2, 0.25) is 0 Å². The van der Waals surface area contributed by atoms with Crippen LogP contribution in [-0.2, 0) is 9.59 Å². The molecule has 0 atom stereocenters. The SMILES string of the molecule is C=C1C(=O)C2=C(C=C(C)CC=C2)C(=O)/C1=C/C=C\C. The third kappa shape index (κ3) is 2.34. The molecule has 0 N–H and O–H groups in total. The van der Waals surface area contributed by atoms with Crippen LogP contribution in [0.4, 0.5) is 0 Å². The van der Waals surface area contributed by atoms with E-state index in [0.29, 0.717) is 16.7 Å². The van der Waals surface area contributed by atoms with Crippen molar-refractivity contribution in [3.05, 3.63) is 70.9 Å². The van der Waals surface area contributed by atoms with E-state index in [1.54, 1.807) is 18.2 Å². The zero-order chi connectivity index (χ0) is 14.0. The third-order valence-corrected chi connectivity index (χ3v) is 3.19. The lowest BCUT2D eigenvalue weighted by Crippen LogP contribution is -2.22. The average Bonchev–Trinajstić information content (AvgIpc) is 2.58. The van der Waals surface area contributed by atoms with E-state index < -0.39 is 0 Å². The number of carbonyl (C=O) groups is 2. The Kier molecular flexibility index (Phi) is 3.61. The fourth-order valence-electron chi connectivity index (χ4n) is 2.16. The summed E-state index contributed by atoms with van der Waals surface area (Å²) in [6.07, 6.45) is 11.4. The summed E-state index contributed by atoms with van der Waals surface area (Å²) in [5, 5.41) is 0. The van der Waals surface area contributed by atoms with Crippen LogP contribution < -0.4 is 0 Å². The number of hydrogen-bond donors (Lipinski definition) is 0. The lowest BCUT2D eigenvalue weighted by atomic mass is 9.82. The molecule has 2 aliphatic carbocycles. The quantitative estimate of drug-likeness (QED) is 0.670. The molecule has 0 heterocycles. The molecule has 0 unspecified atom stereocenters. The van der Waals surface area contributed by atoms with Gasteiger partial charge < -0.3 is 0 Å². The van der Waals surface area contributed by atoms with E-state index in [-0.39, 0.29) is 17.1 Å². The molecule has 0 fully saturated rings. The number of hydrogen-bond acceptors (Lipinski definition) is 2. The van der Waals surface area contributed by atoms with E-state index in [1.807, 2.05) is 32.1 Å². The minimum Gasteiger partial charge on any atom is -0.289 e. The molecule has 0 radical (unpaired) electrons. The second-order valence-electron chi connectivity index (χ2n) is 4.67. The fourth-order valence-corrected chi connectivity index (χ4v) is 2.16. The van der Waals surface area contributed by atoms with Crippen molar-refractivity contribution in [2.45, 2.75) is 20.3 Å². The Balaban J connectivity index is 2.63. The Morgan fingerprint density at radius 1 is 1.21 bits per heavy atom. The Hall–Kier alpha value is -2.22. The highest BCUT2D eigenvalue weighted by Crippen LogP contribution is 2.31. The molecule has 0 aliphatic heterocycles. The van der Waals surface area contributed by atoms with Gasteiger partial charge in [-0.2, -0.15) is 0 Å². The lowest BCUT2D eigenvalue weighted by molar-refractivity contribution is -0.116. The van der Waals surface area contributed by atoms with Crippen molar-refractivity contribution >= 4 is 11.6 Å². The maximum absolute atomic E-state index is 12.5. The number of allylic oxidation sites excluding steroid dienone is 11.